The lowest BCUT2D eigenvalue weighted by molar-refractivity contribution is -0.117. The quantitative estimate of drug-likeness (QED) is 0.742. The van der Waals surface area contributed by atoms with Gasteiger partial charge in [-0.05, 0) is 30.3 Å². The molecule has 1 amide bonds. The zero-order chi connectivity index (χ0) is 19.4. The van der Waals surface area contributed by atoms with Gasteiger partial charge in [-0.1, -0.05) is 29.3 Å². The lowest BCUT2D eigenvalue weighted by atomic mass is 10.2. The van der Waals surface area contributed by atoms with Crippen LogP contribution in [0.2, 0.25) is 10.0 Å². The lowest BCUT2D eigenvalue weighted by Gasteiger charge is -2.36. The Kier molecular flexibility index (Phi) is 6.31. The topological polar surface area (TPSA) is 70.8 Å². The fraction of sp³-hybridized carbons (Fsp3) is 0.316. The Morgan fingerprint density at radius 2 is 1.93 bits per heavy atom. The van der Waals surface area contributed by atoms with Gasteiger partial charge < -0.3 is 20.7 Å². The summed E-state index contributed by atoms with van der Waals surface area (Å²) in [6, 6.07) is 10.8. The Balaban J connectivity index is 1.52. The third-order valence-corrected chi connectivity index (χ3v) is 5.33. The van der Waals surface area contributed by atoms with Crippen molar-refractivity contribution in [2.24, 2.45) is 0 Å². The Morgan fingerprint density at radius 1 is 1.19 bits per heavy atom. The van der Waals surface area contributed by atoms with Crippen molar-refractivity contribution in [1.29, 1.82) is 0 Å². The van der Waals surface area contributed by atoms with Crippen molar-refractivity contribution in [2.45, 2.75) is 0 Å². The molecule has 0 aliphatic carbocycles. The molecule has 3 N–H and O–H groups in total. The highest BCUT2D eigenvalue weighted by molar-refractivity contribution is 6.43. The second-order valence-electron chi connectivity index (χ2n) is 6.34. The van der Waals surface area contributed by atoms with Crippen LogP contribution in [0.5, 0.6) is 5.75 Å². The SMILES string of the molecule is COc1ccc(NC(=O)CN2CCN(c3cccc(Cl)c3Cl)CC2)cc1N. The third kappa shape index (κ3) is 4.77. The average molecular weight is 409 g/mol. The van der Waals surface area contributed by atoms with Crippen molar-refractivity contribution < 1.29 is 9.53 Å². The van der Waals surface area contributed by atoms with Crippen molar-refractivity contribution in [3.8, 4) is 5.75 Å². The number of piperazine rings is 1. The van der Waals surface area contributed by atoms with Crippen molar-refractivity contribution in [3.63, 3.8) is 0 Å². The first kappa shape index (κ1) is 19.6. The Bertz CT molecular complexity index is 823. The fourth-order valence-electron chi connectivity index (χ4n) is 3.10. The minimum absolute atomic E-state index is 0.0752. The number of nitrogens with two attached hydrogens (primary N) is 1. The monoisotopic (exact) mass is 408 g/mol. The molecular weight excluding hydrogens is 387 g/mol. The molecule has 1 aliphatic heterocycles. The number of amides is 1. The van der Waals surface area contributed by atoms with E-state index in [2.05, 4.69) is 15.1 Å². The molecule has 144 valence electrons. The average Bonchev–Trinajstić information content (AvgIpc) is 2.65. The minimum Gasteiger partial charge on any atom is -0.495 e. The lowest BCUT2D eigenvalue weighted by Crippen LogP contribution is -2.48. The number of nitrogens with one attached hydrogen (secondary N) is 1. The maximum absolute atomic E-state index is 12.3. The number of carbonyl (C=O) groups excluding carboxylic acids is 1. The molecule has 3 rings (SSSR count). The summed E-state index contributed by atoms with van der Waals surface area (Å²) in [5.74, 6) is 0.512. The summed E-state index contributed by atoms with van der Waals surface area (Å²) in [6.45, 7) is 3.41. The van der Waals surface area contributed by atoms with Gasteiger partial charge in [0.25, 0.3) is 0 Å². The number of carbonyl (C=O) groups is 1. The maximum Gasteiger partial charge on any atom is 0.238 e. The molecule has 0 aromatic heterocycles. The highest BCUT2D eigenvalue weighted by atomic mass is 35.5. The molecule has 0 atom stereocenters. The van der Waals surface area contributed by atoms with Gasteiger partial charge in [-0.25, -0.2) is 0 Å². The first-order valence-electron chi connectivity index (χ1n) is 8.62. The molecule has 8 heteroatoms. The van der Waals surface area contributed by atoms with E-state index in [0.717, 1.165) is 31.9 Å². The summed E-state index contributed by atoms with van der Waals surface area (Å²) in [5, 5.41) is 3.99. The number of hydrogen-bond acceptors (Lipinski definition) is 5. The third-order valence-electron chi connectivity index (χ3n) is 4.52. The summed E-state index contributed by atoms with van der Waals surface area (Å²) in [6.07, 6.45) is 0. The number of methoxy groups -OCH3 is 1. The molecule has 1 saturated heterocycles. The van der Waals surface area contributed by atoms with Crippen LogP contribution in [0.4, 0.5) is 17.1 Å². The number of anilines is 3. The van der Waals surface area contributed by atoms with E-state index in [1.165, 1.54) is 0 Å². The zero-order valence-corrected chi connectivity index (χ0v) is 16.6. The Labute approximate surface area is 168 Å². The number of benzene rings is 2. The summed E-state index contributed by atoms with van der Waals surface area (Å²) >= 11 is 12.4. The largest absolute Gasteiger partial charge is 0.495 e. The number of hydrogen-bond donors (Lipinski definition) is 2. The van der Waals surface area contributed by atoms with Crippen LogP contribution in [0.25, 0.3) is 0 Å². The van der Waals surface area contributed by atoms with Gasteiger partial charge in [-0.15, -0.1) is 0 Å². The van der Waals surface area contributed by atoms with Gasteiger partial charge in [0.2, 0.25) is 5.91 Å². The maximum atomic E-state index is 12.3. The second kappa shape index (κ2) is 8.69. The van der Waals surface area contributed by atoms with E-state index in [0.29, 0.717) is 33.7 Å². The van der Waals surface area contributed by atoms with E-state index < -0.39 is 0 Å². The van der Waals surface area contributed by atoms with Crippen LogP contribution in [0.15, 0.2) is 36.4 Å². The van der Waals surface area contributed by atoms with Gasteiger partial charge in [0, 0.05) is 31.9 Å². The highest BCUT2D eigenvalue weighted by Crippen LogP contribution is 2.32. The number of nitrogen functional groups attached to an aromatic ring is 1. The number of rotatable bonds is 5. The van der Waals surface area contributed by atoms with Gasteiger partial charge in [0.15, 0.2) is 0 Å². The zero-order valence-electron chi connectivity index (χ0n) is 15.0. The second-order valence-corrected chi connectivity index (χ2v) is 7.13. The van der Waals surface area contributed by atoms with Gasteiger partial charge >= 0.3 is 0 Å². The van der Waals surface area contributed by atoms with Gasteiger partial charge in [0.05, 0.1) is 35.1 Å². The molecular formula is C19H22Cl2N4O2. The molecule has 1 aliphatic rings. The van der Waals surface area contributed by atoms with Crippen LogP contribution in [0.1, 0.15) is 0 Å². The number of nitrogens with zero attached hydrogens (tertiary/aromatic N) is 2. The summed E-state index contributed by atoms with van der Waals surface area (Å²) in [5.41, 5.74) is 7.95. The van der Waals surface area contributed by atoms with Crippen molar-refractivity contribution in [1.82, 2.24) is 4.90 Å². The van der Waals surface area contributed by atoms with Crippen molar-refractivity contribution >= 4 is 46.2 Å². The van der Waals surface area contributed by atoms with Crippen LogP contribution < -0.4 is 20.7 Å². The molecule has 2 aromatic rings. The number of halogens is 2. The van der Waals surface area contributed by atoms with Crippen LogP contribution in [0.3, 0.4) is 0 Å². The van der Waals surface area contributed by atoms with Gasteiger partial charge in [-0.3, -0.25) is 9.69 Å². The molecule has 2 aromatic carbocycles. The molecule has 0 unspecified atom stereocenters. The number of ether oxygens (including phenoxy) is 1. The van der Waals surface area contributed by atoms with Crippen LogP contribution in [-0.4, -0.2) is 50.6 Å². The Morgan fingerprint density at radius 3 is 2.59 bits per heavy atom. The molecule has 0 saturated carbocycles. The normalized spacial score (nSPS) is 14.9. The predicted octanol–water partition coefficient (Wildman–Crippen LogP) is 3.34. The van der Waals surface area contributed by atoms with Crippen LogP contribution >= 0.6 is 23.2 Å². The summed E-state index contributed by atoms with van der Waals surface area (Å²) < 4.78 is 5.12. The van der Waals surface area contributed by atoms with E-state index in [9.17, 15) is 4.79 Å². The highest BCUT2D eigenvalue weighted by Gasteiger charge is 2.21. The van der Waals surface area contributed by atoms with E-state index in [-0.39, 0.29) is 5.91 Å². The van der Waals surface area contributed by atoms with Crippen LogP contribution in [0, 0.1) is 0 Å². The van der Waals surface area contributed by atoms with E-state index in [1.54, 1.807) is 31.4 Å². The fourth-order valence-corrected chi connectivity index (χ4v) is 3.51. The van der Waals surface area contributed by atoms with Gasteiger partial charge in [0.1, 0.15) is 5.75 Å². The molecule has 6 nitrogen and oxygen atoms in total. The van der Waals surface area contributed by atoms with Crippen molar-refractivity contribution in [2.75, 3.05) is 55.8 Å². The molecule has 1 heterocycles. The Hall–Kier alpha value is -2.15. The summed E-state index contributed by atoms with van der Waals surface area (Å²) in [7, 11) is 1.56. The van der Waals surface area contributed by atoms with Crippen LogP contribution in [-0.2, 0) is 4.79 Å². The van der Waals surface area contributed by atoms with Crippen molar-refractivity contribution in [3.05, 3.63) is 46.4 Å². The molecule has 27 heavy (non-hydrogen) atoms. The molecule has 0 spiro atoms. The molecule has 0 bridgehead atoms. The smallest absolute Gasteiger partial charge is 0.238 e. The predicted molar refractivity (Wildman–Crippen MR) is 111 cm³/mol. The molecule has 0 radical (unpaired) electrons. The first-order valence-corrected chi connectivity index (χ1v) is 9.38. The first-order chi connectivity index (χ1) is 13.0. The summed E-state index contributed by atoms with van der Waals surface area (Å²) in [4.78, 5) is 16.6. The standard InChI is InChI=1S/C19H22Cl2N4O2/c1-27-17-6-5-13(11-15(17)22)23-18(26)12-24-7-9-25(10-8-24)16-4-2-3-14(20)19(16)21/h2-6,11H,7-10,12,22H2,1H3,(H,23,26). The minimum atomic E-state index is -0.0752. The van der Waals surface area contributed by atoms with E-state index in [4.69, 9.17) is 33.7 Å². The van der Waals surface area contributed by atoms with E-state index in [1.807, 2.05) is 12.1 Å². The molecule has 1 fully saturated rings. The van der Waals surface area contributed by atoms with E-state index >= 15 is 0 Å². The van der Waals surface area contributed by atoms with Gasteiger partial charge in [-0.2, -0.15) is 0 Å².